The highest BCUT2D eigenvalue weighted by Gasteiger charge is 2.29. The van der Waals surface area contributed by atoms with Crippen LogP contribution in [0.3, 0.4) is 0 Å². The monoisotopic (exact) mass is 364 g/mol. The molecule has 3 aromatic rings. The van der Waals surface area contributed by atoms with Crippen LogP contribution in [0.5, 0.6) is 5.88 Å². The van der Waals surface area contributed by atoms with Gasteiger partial charge in [-0.25, -0.2) is 0 Å². The maximum Gasteiger partial charge on any atom is 0.258 e. The van der Waals surface area contributed by atoms with Gasteiger partial charge in [0.05, 0.1) is 11.7 Å². The number of fused-ring (bicyclic) bond motifs is 1. The second kappa shape index (κ2) is 7.02. The fourth-order valence-corrected chi connectivity index (χ4v) is 3.24. The van der Waals surface area contributed by atoms with Crippen LogP contribution in [0.2, 0.25) is 0 Å². The van der Waals surface area contributed by atoms with Crippen LogP contribution in [0.1, 0.15) is 48.5 Å². The zero-order chi connectivity index (χ0) is 19.0. The molecule has 140 valence electrons. The molecule has 1 N–H and O–H groups in total. The zero-order valence-electron chi connectivity index (χ0n) is 15.9. The van der Waals surface area contributed by atoms with Gasteiger partial charge in [-0.15, -0.1) is 0 Å². The van der Waals surface area contributed by atoms with Crippen LogP contribution < -0.4 is 10.1 Å². The Bertz CT molecular complexity index is 974. The van der Waals surface area contributed by atoms with E-state index in [1.54, 1.807) is 4.68 Å². The quantitative estimate of drug-likeness (QED) is 0.728. The maximum atomic E-state index is 12.2. The maximum absolute atomic E-state index is 12.2. The van der Waals surface area contributed by atoms with E-state index in [0.29, 0.717) is 11.8 Å². The van der Waals surface area contributed by atoms with Crippen molar-refractivity contribution in [2.45, 2.75) is 38.6 Å². The second-order valence-corrected chi connectivity index (χ2v) is 7.29. The minimum absolute atomic E-state index is 0.0674. The summed E-state index contributed by atoms with van der Waals surface area (Å²) >= 11 is 0. The Morgan fingerprint density at radius 3 is 2.70 bits per heavy atom. The Hall–Kier alpha value is -2.89. The second-order valence-electron chi connectivity index (χ2n) is 7.29. The molecular formula is C21H24N4O2. The molecule has 1 aliphatic rings. The van der Waals surface area contributed by atoms with E-state index in [4.69, 9.17) is 4.74 Å². The molecule has 27 heavy (non-hydrogen) atoms. The zero-order valence-corrected chi connectivity index (χ0v) is 15.9. The number of hydrogen-bond donors (Lipinski definition) is 1. The number of pyridine rings is 1. The molecule has 2 aromatic heterocycles. The summed E-state index contributed by atoms with van der Waals surface area (Å²) in [5.41, 5.74) is 4.18. The SMILES string of the molecule is Cc1ccc(C(C)NC(=O)COc2ccc3c(C4CC4)nn(C)c3n2)cc1. The van der Waals surface area contributed by atoms with Gasteiger partial charge >= 0.3 is 0 Å². The molecule has 1 aliphatic carbocycles. The summed E-state index contributed by atoms with van der Waals surface area (Å²) in [4.78, 5) is 16.7. The number of aryl methyl sites for hydroxylation is 2. The lowest BCUT2D eigenvalue weighted by Gasteiger charge is -2.14. The first kappa shape index (κ1) is 17.5. The van der Waals surface area contributed by atoms with E-state index in [0.717, 1.165) is 22.3 Å². The Morgan fingerprint density at radius 2 is 2.00 bits per heavy atom. The largest absolute Gasteiger partial charge is 0.468 e. The third-order valence-corrected chi connectivity index (χ3v) is 4.96. The summed E-state index contributed by atoms with van der Waals surface area (Å²) in [5.74, 6) is 0.830. The molecule has 1 aromatic carbocycles. The van der Waals surface area contributed by atoms with E-state index >= 15 is 0 Å². The van der Waals surface area contributed by atoms with Crippen LogP contribution in [-0.2, 0) is 11.8 Å². The summed E-state index contributed by atoms with van der Waals surface area (Å²) in [7, 11) is 1.89. The third kappa shape index (κ3) is 3.79. The van der Waals surface area contributed by atoms with Crippen molar-refractivity contribution >= 4 is 16.9 Å². The number of carbonyl (C=O) groups is 1. The molecule has 2 heterocycles. The number of ether oxygens (including phenoxy) is 1. The van der Waals surface area contributed by atoms with Crippen molar-refractivity contribution in [3.05, 3.63) is 53.2 Å². The van der Waals surface area contributed by atoms with Crippen molar-refractivity contribution in [1.29, 1.82) is 0 Å². The number of nitrogens with zero attached hydrogens (tertiary/aromatic N) is 3. The Kier molecular flexibility index (Phi) is 4.56. The van der Waals surface area contributed by atoms with Gasteiger partial charge in [0, 0.05) is 24.4 Å². The van der Waals surface area contributed by atoms with Gasteiger partial charge in [0.25, 0.3) is 5.91 Å². The lowest BCUT2D eigenvalue weighted by Crippen LogP contribution is -2.31. The third-order valence-electron chi connectivity index (χ3n) is 4.96. The molecule has 1 fully saturated rings. The van der Waals surface area contributed by atoms with E-state index in [1.165, 1.54) is 18.4 Å². The van der Waals surface area contributed by atoms with Gasteiger partial charge in [0.1, 0.15) is 0 Å². The molecule has 1 saturated carbocycles. The van der Waals surface area contributed by atoms with E-state index in [-0.39, 0.29) is 18.6 Å². The number of amides is 1. The summed E-state index contributed by atoms with van der Waals surface area (Å²) in [6.07, 6.45) is 2.40. The number of aromatic nitrogens is 3. The Balaban J connectivity index is 1.38. The van der Waals surface area contributed by atoms with Crippen molar-refractivity contribution in [2.75, 3.05) is 6.61 Å². The Labute approximate surface area is 158 Å². The van der Waals surface area contributed by atoms with Gasteiger partial charge in [-0.05, 0) is 38.3 Å². The van der Waals surface area contributed by atoms with Crippen molar-refractivity contribution in [3.8, 4) is 5.88 Å². The lowest BCUT2D eigenvalue weighted by molar-refractivity contribution is -0.123. The molecule has 1 amide bonds. The highest BCUT2D eigenvalue weighted by molar-refractivity contribution is 5.80. The number of benzene rings is 1. The average Bonchev–Trinajstić information content (AvgIpc) is 3.45. The molecule has 4 rings (SSSR count). The van der Waals surface area contributed by atoms with Gasteiger partial charge in [0.15, 0.2) is 12.3 Å². The number of hydrogen-bond acceptors (Lipinski definition) is 4. The number of rotatable bonds is 6. The van der Waals surface area contributed by atoms with Crippen LogP contribution >= 0.6 is 0 Å². The average molecular weight is 364 g/mol. The van der Waals surface area contributed by atoms with Crippen LogP contribution in [0.25, 0.3) is 11.0 Å². The highest BCUT2D eigenvalue weighted by Crippen LogP contribution is 2.42. The summed E-state index contributed by atoms with van der Waals surface area (Å²) in [5, 5.41) is 8.61. The standard InChI is InChI=1S/C21H24N4O2/c1-13-4-6-15(7-5-13)14(2)22-18(26)12-27-19-11-10-17-20(16-8-9-16)24-25(3)21(17)23-19/h4-7,10-11,14,16H,8-9,12H2,1-3H3,(H,22,26). The van der Waals surface area contributed by atoms with E-state index in [1.807, 2.05) is 57.3 Å². The Morgan fingerprint density at radius 1 is 1.26 bits per heavy atom. The first-order valence-corrected chi connectivity index (χ1v) is 9.33. The van der Waals surface area contributed by atoms with Crippen LogP contribution in [-0.4, -0.2) is 27.3 Å². The molecule has 6 heteroatoms. The van der Waals surface area contributed by atoms with E-state index < -0.39 is 0 Å². The van der Waals surface area contributed by atoms with Crippen molar-refractivity contribution in [2.24, 2.45) is 7.05 Å². The van der Waals surface area contributed by atoms with Crippen molar-refractivity contribution < 1.29 is 9.53 Å². The van der Waals surface area contributed by atoms with Crippen LogP contribution in [0, 0.1) is 6.92 Å². The predicted octanol–water partition coefficient (Wildman–Crippen LogP) is 3.41. The van der Waals surface area contributed by atoms with Gasteiger partial charge < -0.3 is 10.1 Å². The van der Waals surface area contributed by atoms with Crippen LogP contribution in [0.15, 0.2) is 36.4 Å². The first-order valence-electron chi connectivity index (χ1n) is 9.33. The molecule has 1 unspecified atom stereocenters. The van der Waals surface area contributed by atoms with Gasteiger partial charge in [-0.1, -0.05) is 29.8 Å². The molecule has 0 saturated heterocycles. The van der Waals surface area contributed by atoms with E-state index in [2.05, 4.69) is 15.4 Å². The fraction of sp³-hybridized carbons (Fsp3) is 0.381. The minimum atomic E-state index is -0.173. The molecule has 6 nitrogen and oxygen atoms in total. The first-order chi connectivity index (χ1) is 13.0. The normalized spacial score (nSPS) is 14.9. The fourth-order valence-electron chi connectivity index (χ4n) is 3.24. The molecule has 0 radical (unpaired) electrons. The summed E-state index contributed by atoms with van der Waals surface area (Å²) in [6, 6.07) is 11.9. The number of carbonyl (C=O) groups excluding carboxylic acids is 1. The van der Waals surface area contributed by atoms with Crippen molar-refractivity contribution in [1.82, 2.24) is 20.1 Å². The lowest BCUT2D eigenvalue weighted by atomic mass is 10.1. The molecule has 0 spiro atoms. The molecule has 0 bridgehead atoms. The predicted molar refractivity (Wildman–Crippen MR) is 104 cm³/mol. The van der Waals surface area contributed by atoms with E-state index in [9.17, 15) is 4.79 Å². The van der Waals surface area contributed by atoms with Gasteiger partial charge in [-0.3, -0.25) is 9.48 Å². The topological polar surface area (TPSA) is 69.0 Å². The van der Waals surface area contributed by atoms with Crippen LogP contribution in [0.4, 0.5) is 0 Å². The number of nitrogens with one attached hydrogen (secondary N) is 1. The summed E-state index contributed by atoms with van der Waals surface area (Å²) < 4.78 is 7.39. The van der Waals surface area contributed by atoms with Gasteiger partial charge in [0.2, 0.25) is 5.88 Å². The molecule has 0 aliphatic heterocycles. The molecule has 1 atom stereocenters. The highest BCUT2D eigenvalue weighted by atomic mass is 16.5. The van der Waals surface area contributed by atoms with Crippen molar-refractivity contribution in [3.63, 3.8) is 0 Å². The minimum Gasteiger partial charge on any atom is -0.468 e. The van der Waals surface area contributed by atoms with Gasteiger partial charge in [-0.2, -0.15) is 10.1 Å². The molecular weight excluding hydrogens is 340 g/mol. The smallest absolute Gasteiger partial charge is 0.258 e. The summed E-state index contributed by atoms with van der Waals surface area (Å²) in [6.45, 7) is 3.94.